The van der Waals surface area contributed by atoms with E-state index >= 15 is 0 Å². The Hall–Kier alpha value is -2.69. The zero-order chi connectivity index (χ0) is 20.7. The standard InChI is InChI=1S/C24H29N3O2/c1-14-6-8-18(9-7-14)15(2)12-20(28)13-29-24-17(4)16(3)21-22(19-10-11-19)26-27(5)23(21)25-24/h6-9,15,19H,10-13H2,1-5H3/t15-/m1/s1. The number of pyridine rings is 1. The third-order valence-corrected chi connectivity index (χ3v) is 6.02. The molecule has 0 spiro atoms. The number of rotatable bonds is 7. The minimum absolute atomic E-state index is 0.0440. The minimum Gasteiger partial charge on any atom is -0.469 e. The zero-order valence-corrected chi connectivity index (χ0v) is 18.0. The molecule has 1 atom stereocenters. The number of Topliss-reactive ketones (excluding diaryl/α,β-unsaturated/α-hetero) is 1. The van der Waals surface area contributed by atoms with E-state index in [2.05, 4.69) is 45.0 Å². The van der Waals surface area contributed by atoms with Crippen LogP contribution in [0.1, 0.15) is 66.0 Å². The van der Waals surface area contributed by atoms with E-state index in [0.717, 1.165) is 27.9 Å². The Morgan fingerprint density at radius 2 is 1.86 bits per heavy atom. The molecular formula is C24H29N3O2. The van der Waals surface area contributed by atoms with Crippen molar-refractivity contribution in [2.24, 2.45) is 7.05 Å². The number of aromatic nitrogens is 3. The van der Waals surface area contributed by atoms with Crippen molar-refractivity contribution in [1.82, 2.24) is 14.8 Å². The van der Waals surface area contributed by atoms with Crippen molar-refractivity contribution in [1.29, 1.82) is 0 Å². The molecule has 4 rings (SSSR count). The molecule has 5 heteroatoms. The molecule has 0 aliphatic heterocycles. The van der Waals surface area contributed by atoms with Gasteiger partial charge in [-0.1, -0.05) is 36.8 Å². The third-order valence-electron chi connectivity index (χ3n) is 6.02. The molecule has 2 aromatic heterocycles. The van der Waals surface area contributed by atoms with E-state index in [1.54, 1.807) is 0 Å². The SMILES string of the molecule is Cc1ccc([C@H](C)CC(=O)COc2nc3c(c(C4CC4)nn3C)c(C)c2C)cc1. The second-order valence-electron chi connectivity index (χ2n) is 8.49. The number of hydrogen-bond acceptors (Lipinski definition) is 4. The number of benzene rings is 1. The predicted octanol–water partition coefficient (Wildman–Crippen LogP) is 4.91. The Balaban J connectivity index is 1.48. The van der Waals surface area contributed by atoms with E-state index < -0.39 is 0 Å². The van der Waals surface area contributed by atoms with Gasteiger partial charge < -0.3 is 4.74 Å². The Morgan fingerprint density at radius 3 is 2.52 bits per heavy atom. The molecule has 5 nitrogen and oxygen atoms in total. The van der Waals surface area contributed by atoms with Crippen LogP contribution in [0.3, 0.4) is 0 Å². The summed E-state index contributed by atoms with van der Waals surface area (Å²) in [5.41, 5.74) is 6.55. The van der Waals surface area contributed by atoms with Crippen LogP contribution in [0.2, 0.25) is 0 Å². The van der Waals surface area contributed by atoms with Gasteiger partial charge in [-0.3, -0.25) is 9.48 Å². The summed E-state index contributed by atoms with van der Waals surface area (Å²) < 4.78 is 7.72. The van der Waals surface area contributed by atoms with Crippen molar-refractivity contribution in [3.05, 3.63) is 52.2 Å². The van der Waals surface area contributed by atoms with Crippen molar-refractivity contribution in [2.45, 2.75) is 58.8 Å². The summed E-state index contributed by atoms with van der Waals surface area (Å²) in [4.78, 5) is 17.2. The number of carbonyl (C=O) groups is 1. The van der Waals surface area contributed by atoms with Crippen molar-refractivity contribution in [3.63, 3.8) is 0 Å². The van der Waals surface area contributed by atoms with E-state index in [9.17, 15) is 4.79 Å². The van der Waals surface area contributed by atoms with E-state index in [0.29, 0.717) is 18.2 Å². The van der Waals surface area contributed by atoms with Gasteiger partial charge in [0.15, 0.2) is 11.4 Å². The molecule has 3 aromatic rings. The lowest BCUT2D eigenvalue weighted by molar-refractivity contribution is -0.121. The fraction of sp³-hybridized carbons (Fsp3) is 0.458. The van der Waals surface area contributed by atoms with E-state index in [1.807, 2.05) is 18.7 Å². The van der Waals surface area contributed by atoms with Crippen LogP contribution in [0, 0.1) is 20.8 Å². The topological polar surface area (TPSA) is 57.0 Å². The molecule has 0 saturated heterocycles. The van der Waals surface area contributed by atoms with Gasteiger partial charge in [-0.15, -0.1) is 0 Å². The summed E-state index contributed by atoms with van der Waals surface area (Å²) in [6.07, 6.45) is 2.87. The Bertz CT molecular complexity index is 1060. The monoisotopic (exact) mass is 391 g/mol. The molecule has 0 radical (unpaired) electrons. The molecule has 0 amide bonds. The summed E-state index contributed by atoms with van der Waals surface area (Å²) in [5, 5.41) is 5.85. The zero-order valence-electron chi connectivity index (χ0n) is 18.0. The average molecular weight is 392 g/mol. The first kappa shape index (κ1) is 19.6. The predicted molar refractivity (Wildman–Crippen MR) is 115 cm³/mol. The van der Waals surface area contributed by atoms with Gasteiger partial charge in [0.05, 0.1) is 5.69 Å². The number of aryl methyl sites for hydroxylation is 3. The summed E-state index contributed by atoms with van der Waals surface area (Å²) >= 11 is 0. The summed E-state index contributed by atoms with van der Waals surface area (Å²) in [6, 6.07) is 8.36. The van der Waals surface area contributed by atoms with Crippen LogP contribution in [-0.4, -0.2) is 27.2 Å². The maximum absolute atomic E-state index is 12.5. The lowest BCUT2D eigenvalue weighted by Gasteiger charge is -2.14. The number of hydrogen-bond donors (Lipinski definition) is 0. The van der Waals surface area contributed by atoms with Crippen LogP contribution in [0.4, 0.5) is 0 Å². The van der Waals surface area contributed by atoms with Crippen molar-refractivity contribution < 1.29 is 9.53 Å². The first-order chi connectivity index (χ1) is 13.8. The molecule has 1 aliphatic rings. The lowest BCUT2D eigenvalue weighted by Crippen LogP contribution is -2.15. The van der Waals surface area contributed by atoms with Crippen molar-refractivity contribution >= 4 is 16.8 Å². The maximum atomic E-state index is 12.5. The maximum Gasteiger partial charge on any atom is 0.219 e. The largest absolute Gasteiger partial charge is 0.469 e. The fourth-order valence-corrected chi connectivity index (χ4v) is 3.90. The van der Waals surface area contributed by atoms with Crippen LogP contribution < -0.4 is 4.74 Å². The fourth-order valence-electron chi connectivity index (χ4n) is 3.90. The normalized spacial score (nSPS) is 14.9. The number of fused-ring (bicyclic) bond motifs is 1. The van der Waals surface area contributed by atoms with E-state index in [4.69, 9.17) is 14.8 Å². The van der Waals surface area contributed by atoms with Gasteiger partial charge in [0.25, 0.3) is 0 Å². The molecule has 1 fully saturated rings. The van der Waals surface area contributed by atoms with Gasteiger partial charge in [0, 0.05) is 30.3 Å². The Kier molecular flexibility index (Phi) is 5.15. The highest BCUT2D eigenvalue weighted by atomic mass is 16.5. The number of ether oxygens (including phenoxy) is 1. The molecule has 0 bridgehead atoms. The lowest BCUT2D eigenvalue weighted by atomic mass is 9.95. The van der Waals surface area contributed by atoms with Crippen LogP contribution in [0.15, 0.2) is 24.3 Å². The highest BCUT2D eigenvalue weighted by molar-refractivity contribution is 5.85. The molecule has 29 heavy (non-hydrogen) atoms. The van der Waals surface area contributed by atoms with Crippen LogP contribution >= 0.6 is 0 Å². The molecule has 0 N–H and O–H groups in total. The molecule has 1 saturated carbocycles. The first-order valence-corrected chi connectivity index (χ1v) is 10.4. The smallest absolute Gasteiger partial charge is 0.219 e. The molecule has 0 unspecified atom stereocenters. The second-order valence-corrected chi connectivity index (χ2v) is 8.49. The number of ketones is 1. The van der Waals surface area contributed by atoms with Gasteiger partial charge >= 0.3 is 0 Å². The van der Waals surface area contributed by atoms with Gasteiger partial charge in [-0.2, -0.15) is 10.1 Å². The van der Waals surface area contributed by atoms with Gasteiger partial charge in [0.1, 0.15) is 6.61 Å². The highest BCUT2D eigenvalue weighted by Gasteiger charge is 2.30. The van der Waals surface area contributed by atoms with Gasteiger partial charge in [0.2, 0.25) is 5.88 Å². The second kappa shape index (κ2) is 7.62. The summed E-state index contributed by atoms with van der Waals surface area (Å²) in [6.45, 7) is 8.30. The van der Waals surface area contributed by atoms with Crippen LogP contribution in [-0.2, 0) is 11.8 Å². The van der Waals surface area contributed by atoms with Gasteiger partial charge in [-0.05, 0) is 50.7 Å². The average Bonchev–Trinajstić information content (AvgIpc) is 3.48. The van der Waals surface area contributed by atoms with E-state index in [-0.39, 0.29) is 18.3 Å². The van der Waals surface area contributed by atoms with Crippen LogP contribution in [0.5, 0.6) is 5.88 Å². The van der Waals surface area contributed by atoms with Crippen molar-refractivity contribution in [3.8, 4) is 5.88 Å². The van der Waals surface area contributed by atoms with Crippen LogP contribution in [0.25, 0.3) is 11.0 Å². The molecule has 1 aliphatic carbocycles. The van der Waals surface area contributed by atoms with E-state index in [1.165, 1.54) is 24.0 Å². The molecule has 2 heterocycles. The minimum atomic E-state index is 0.0440. The number of carbonyl (C=O) groups excluding carboxylic acids is 1. The Morgan fingerprint density at radius 1 is 1.17 bits per heavy atom. The molecule has 1 aromatic carbocycles. The summed E-state index contributed by atoms with van der Waals surface area (Å²) in [7, 11) is 1.92. The summed E-state index contributed by atoms with van der Waals surface area (Å²) in [5.74, 6) is 1.36. The Labute approximate surface area is 172 Å². The third kappa shape index (κ3) is 3.91. The molecular weight excluding hydrogens is 362 g/mol. The molecule has 152 valence electrons. The van der Waals surface area contributed by atoms with Gasteiger partial charge in [-0.25, -0.2) is 0 Å². The number of nitrogens with zero attached hydrogens (tertiary/aromatic N) is 3. The first-order valence-electron chi connectivity index (χ1n) is 10.4. The quantitative estimate of drug-likeness (QED) is 0.574. The highest BCUT2D eigenvalue weighted by Crippen LogP contribution is 2.43. The van der Waals surface area contributed by atoms with Crippen molar-refractivity contribution in [2.75, 3.05) is 6.61 Å².